The lowest BCUT2D eigenvalue weighted by atomic mass is 9.87. The molecule has 0 saturated heterocycles. The maximum Gasteiger partial charge on any atom is 0.310 e. The summed E-state index contributed by atoms with van der Waals surface area (Å²) in [5, 5.41) is 1.04. The van der Waals surface area contributed by atoms with Crippen molar-refractivity contribution in [2.24, 2.45) is 5.92 Å². The highest BCUT2D eigenvalue weighted by Gasteiger charge is 2.41. The van der Waals surface area contributed by atoms with E-state index in [9.17, 15) is 4.79 Å². The number of hydrogen-bond donors (Lipinski definition) is 0. The van der Waals surface area contributed by atoms with E-state index in [2.05, 4.69) is 76.3 Å². The van der Waals surface area contributed by atoms with Crippen molar-refractivity contribution < 1.29 is 23.4 Å². The number of esters is 1. The number of nitrogens with zero attached hydrogens (tertiary/aromatic N) is 1. The predicted molar refractivity (Wildman–Crippen MR) is 170 cm³/mol. The standard InChI is InChI=1S/C33H47NO5SSi/c1-23-28(36-5)18-26(19-29(23)37-6)32(39-41(8,9)33(2,3)4)25(17-13-16-24-14-11-10-12-15-24)20-30-34-22-27(40-30)21-31(35)38-7/h10-12,14-15,18-19,22,25,32H,13,16-17,20-21H2,1-9H3. The number of benzene rings is 2. The molecule has 3 aromatic rings. The summed E-state index contributed by atoms with van der Waals surface area (Å²) >= 11 is 1.58. The Morgan fingerprint density at radius 3 is 2.22 bits per heavy atom. The van der Waals surface area contributed by atoms with E-state index in [4.69, 9.17) is 23.6 Å². The molecule has 2 aromatic carbocycles. The van der Waals surface area contributed by atoms with Gasteiger partial charge in [0.2, 0.25) is 0 Å². The summed E-state index contributed by atoms with van der Waals surface area (Å²) in [6, 6.07) is 14.9. The zero-order valence-corrected chi connectivity index (χ0v) is 28.0. The van der Waals surface area contributed by atoms with Crippen LogP contribution in [0.15, 0.2) is 48.7 Å². The third-order valence-electron chi connectivity index (χ3n) is 8.23. The van der Waals surface area contributed by atoms with Gasteiger partial charge in [0.25, 0.3) is 0 Å². The largest absolute Gasteiger partial charge is 0.496 e. The average Bonchev–Trinajstić information content (AvgIpc) is 3.37. The smallest absolute Gasteiger partial charge is 0.310 e. The second-order valence-electron chi connectivity index (χ2n) is 12.2. The van der Waals surface area contributed by atoms with E-state index in [1.54, 1.807) is 31.8 Å². The van der Waals surface area contributed by atoms with Crippen molar-refractivity contribution in [3.8, 4) is 11.5 Å². The Morgan fingerprint density at radius 2 is 1.66 bits per heavy atom. The molecule has 2 atom stereocenters. The zero-order valence-electron chi connectivity index (χ0n) is 26.2. The fraction of sp³-hybridized carbons (Fsp3) is 0.515. The number of carbonyl (C=O) groups is 1. The quantitative estimate of drug-likeness (QED) is 0.138. The van der Waals surface area contributed by atoms with Gasteiger partial charge in [0.1, 0.15) is 11.5 Å². The topological polar surface area (TPSA) is 66.9 Å². The molecule has 0 radical (unpaired) electrons. The minimum Gasteiger partial charge on any atom is -0.496 e. The van der Waals surface area contributed by atoms with Crippen LogP contribution in [0.4, 0.5) is 0 Å². The van der Waals surface area contributed by atoms with E-state index in [0.29, 0.717) is 0 Å². The monoisotopic (exact) mass is 597 g/mol. The van der Waals surface area contributed by atoms with E-state index in [-0.39, 0.29) is 29.5 Å². The fourth-order valence-corrected chi connectivity index (χ4v) is 7.06. The van der Waals surface area contributed by atoms with Crippen molar-refractivity contribution in [2.75, 3.05) is 21.3 Å². The first-order valence-corrected chi connectivity index (χ1v) is 18.1. The minimum absolute atomic E-state index is 0.0353. The van der Waals surface area contributed by atoms with Crippen LogP contribution in [0.25, 0.3) is 0 Å². The normalized spacial score (nSPS) is 13.5. The average molecular weight is 598 g/mol. The molecule has 0 bridgehead atoms. The molecule has 0 N–H and O–H groups in total. The highest BCUT2D eigenvalue weighted by atomic mass is 32.1. The lowest BCUT2D eigenvalue weighted by Crippen LogP contribution is -2.43. The summed E-state index contributed by atoms with van der Waals surface area (Å²) in [5.74, 6) is 1.49. The summed E-state index contributed by atoms with van der Waals surface area (Å²) < 4.78 is 23.7. The van der Waals surface area contributed by atoms with Gasteiger partial charge in [0, 0.05) is 23.1 Å². The summed E-state index contributed by atoms with van der Waals surface area (Å²) in [6.07, 6.45) is 5.59. The number of carbonyl (C=O) groups excluding carboxylic acids is 1. The second kappa shape index (κ2) is 14.5. The molecule has 1 heterocycles. The fourth-order valence-electron chi connectivity index (χ4n) is 4.74. The number of methoxy groups -OCH3 is 3. The molecule has 0 amide bonds. The zero-order chi connectivity index (χ0) is 30.2. The second-order valence-corrected chi connectivity index (χ2v) is 18.1. The Bertz CT molecular complexity index is 1240. The summed E-state index contributed by atoms with van der Waals surface area (Å²) in [6.45, 7) is 13.5. The maximum atomic E-state index is 11.9. The van der Waals surface area contributed by atoms with Crippen LogP contribution in [-0.2, 0) is 33.2 Å². The van der Waals surface area contributed by atoms with Crippen molar-refractivity contribution in [1.82, 2.24) is 4.98 Å². The Balaban J connectivity index is 2.05. The van der Waals surface area contributed by atoms with Crippen LogP contribution in [0, 0.1) is 12.8 Å². The van der Waals surface area contributed by atoms with Gasteiger partial charge in [0.05, 0.1) is 38.9 Å². The van der Waals surface area contributed by atoms with Gasteiger partial charge in [-0.15, -0.1) is 11.3 Å². The molecule has 8 heteroatoms. The van der Waals surface area contributed by atoms with Crippen LogP contribution in [0.1, 0.15) is 66.3 Å². The molecule has 0 saturated carbocycles. The van der Waals surface area contributed by atoms with Crippen molar-refractivity contribution in [3.63, 3.8) is 0 Å². The van der Waals surface area contributed by atoms with Gasteiger partial charge in [-0.25, -0.2) is 4.98 Å². The van der Waals surface area contributed by atoms with Crippen molar-refractivity contribution in [3.05, 3.63) is 75.2 Å². The molecule has 0 aliphatic rings. The van der Waals surface area contributed by atoms with Crippen molar-refractivity contribution in [2.45, 2.75) is 84.0 Å². The predicted octanol–water partition coefficient (Wildman–Crippen LogP) is 8.13. The molecular weight excluding hydrogens is 551 g/mol. The van der Waals surface area contributed by atoms with E-state index >= 15 is 0 Å². The van der Waals surface area contributed by atoms with Gasteiger partial charge in [-0.3, -0.25) is 4.79 Å². The first kappa shape index (κ1) is 32.8. The van der Waals surface area contributed by atoms with Crippen LogP contribution in [0.2, 0.25) is 18.1 Å². The Morgan fingerprint density at radius 1 is 1.02 bits per heavy atom. The van der Waals surface area contributed by atoms with E-state index in [0.717, 1.165) is 58.2 Å². The van der Waals surface area contributed by atoms with Crippen molar-refractivity contribution >= 4 is 25.6 Å². The third kappa shape index (κ3) is 8.90. The van der Waals surface area contributed by atoms with Gasteiger partial charge < -0.3 is 18.6 Å². The molecule has 224 valence electrons. The molecule has 41 heavy (non-hydrogen) atoms. The highest BCUT2D eigenvalue weighted by molar-refractivity contribution is 7.11. The SMILES string of the molecule is COC(=O)Cc1cnc(CC(CCCc2ccccc2)C(O[Si](C)(C)C(C)(C)C)c2cc(OC)c(C)c(OC)c2)s1. The molecule has 0 spiro atoms. The molecule has 2 unspecified atom stereocenters. The minimum atomic E-state index is -2.18. The molecule has 0 aliphatic heterocycles. The number of hydrogen-bond acceptors (Lipinski definition) is 7. The van der Waals surface area contributed by atoms with Crippen LogP contribution >= 0.6 is 11.3 Å². The van der Waals surface area contributed by atoms with Crippen molar-refractivity contribution in [1.29, 1.82) is 0 Å². The first-order chi connectivity index (χ1) is 19.4. The Labute approximate surface area is 251 Å². The number of ether oxygens (including phenoxy) is 3. The van der Waals surface area contributed by atoms with E-state index in [1.165, 1.54) is 12.7 Å². The van der Waals surface area contributed by atoms with Crippen LogP contribution < -0.4 is 9.47 Å². The lowest BCUT2D eigenvalue weighted by Gasteiger charge is -2.42. The molecule has 1 aromatic heterocycles. The van der Waals surface area contributed by atoms with Crippen LogP contribution in [0.5, 0.6) is 11.5 Å². The Hall–Kier alpha value is -2.68. The van der Waals surface area contributed by atoms with E-state index < -0.39 is 8.32 Å². The van der Waals surface area contributed by atoms with Gasteiger partial charge >= 0.3 is 5.97 Å². The summed E-state index contributed by atoms with van der Waals surface area (Å²) in [5.41, 5.74) is 3.37. The number of aryl methyl sites for hydroxylation is 1. The van der Waals surface area contributed by atoms with Crippen LogP contribution in [0.3, 0.4) is 0 Å². The number of rotatable bonds is 14. The van der Waals surface area contributed by atoms with Crippen LogP contribution in [-0.4, -0.2) is 40.6 Å². The highest BCUT2D eigenvalue weighted by Crippen LogP contribution is 2.45. The van der Waals surface area contributed by atoms with Gasteiger partial charge in [-0.2, -0.15) is 0 Å². The summed E-state index contributed by atoms with van der Waals surface area (Å²) in [7, 11) is 2.63. The first-order valence-electron chi connectivity index (χ1n) is 14.3. The number of thiazole rings is 1. The molecule has 0 aliphatic carbocycles. The number of aromatic nitrogens is 1. The third-order valence-corrected chi connectivity index (χ3v) is 13.7. The summed E-state index contributed by atoms with van der Waals surface area (Å²) in [4.78, 5) is 17.5. The maximum absolute atomic E-state index is 11.9. The lowest BCUT2D eigenvalue weighted by molar-refractivity contribution is -0.139. The van der Waals surface area contributed by atoms with Gasteiger partial charge in [-0.1, -0.05) is 51.1 Å². The van der Waals surface area contributed by atoms with E-state index in [1.807, 2.05) is 6.92 Å². The molecular formula is C33H47NO5SSi. The molecule has 0 fully saturated rings. The molecule has 6 nitrogen and oxygen atoms in total. The Kier molecular flexibility index (Phi) is 11.6. The molecule has 3 rings (SSSR count). The van der Waals surface area contributed by atoms with Gasteiger partial charge in [-0.05, 0) is 73.5 Å². The van der Waals surface area contributed by atoms with Gasteiger partial charge in [0.15, 0.2) is 8.32 Å².